The normalized spacial score (nSPS) is 10.5. The van der Waals surface area contributed by atoms with Gasteiger partial charge in [0.2, 0.25) is 0 Å². The lowest BCUT2D eigenvalue weighted by Crippen LogP contribution is -2.28. The Bertz CT molecular complexity index is 1060. The number of hydrogen-bond acceptors (Lipinski definition) is 6. The second-order valence-electron chi connectivity index (χ2n) is 6.54. The number of aryl methyl sites for hydroxylation is 2. The van der Waals surface area contributed by atoms with E-state index in [9.17, 15) is 9.59 Å². The number of hydrogen-bond donors (Lipinski definition) is 1. The van der Waals surface area contributed by atoms with Crippen molar-refractivity contribution in [2.24, 2.45) is 0 Å². The zero-order chi connectivity index (χ0) is 21.7. The highest BCUT2D eigenvalue weighted by molar-refractivity contribution is 6.33. The Kier molecular flexibility index (Phi) is 6.68. The van der Waals surface area contributed by atoms with Crippen molar-refractivity contribution in [3.63, 3.8) is 0 Å². The smallest absolute Gasteiger partial charge is 0.359 e. The minimum Gasteiger partial charge on any atom is -0.497 e. The summed E-state index contributed by atoms with van der Waals surface area (Å²) in [6.07, 6.45) is 0. The van der Waals surface area contributed by atoms with Crippen molar-refractivity contribution in [1.82, 2.24) is 20.1 Å². The third-order valence-electron chi connectivity index (χ3n) is 4.23. The third kappa shape index (κ3) is 5.15. The van der Waals surface area contributed by atoms with Gasteiger partial charge in [0.15, 0.2) is 18.1 Å². The number of nitrogens with zero attached hydrogens (tertiary/aromatic N) is 3. The average Bonchev–Trinajstić information content (AvgIpc) is 3.09. The van der Waals surface area contributed by atoms with Gasteiger partial charge in [-0.3, -0.25) is 4.79 Å². The summed E-state index contributed by atoms with van der Waals surface area (Å²) in [7, 11) is 1.58. The number of carbonyl (C=O) groups excluding carboxylic acids is 2. The molecule has 0 fully saturated rings. The Hall–Kier alpha value is -3.39. The second kappa shape index (κ2) is 9.41. The van der Waals surface area contributed by atoms with Crippen LogP contribution in [0.1, 0.15) is 27.4 Å². The van der Waals surface area contributed by atoms with E-state index >= 15 is 0 Å². The molecule has 0 aliphatic rings. The van der Waals surface area contributed by atoms with Gasteiger partial charge in [0.25, 0.3) is 5.91 Å². The maximum absolute atomic E-state index is 12.4. The Morgan fingerprint density at radius 2 is 1.87 bits per heavy atom. The first-order valence-corrected chi connectivity index (χ1v) is 9.52. The molecule has 3 aromatic rings. The molecule has 0 atom stereocenters. The Labute approximate surface area is 178 Å². The lowest BCUT2D eigenvalue weighted by molar-refractivity contribution is -0.124. The number of aromatic nitrogens is 3. The molecule has 0 spiro atoms. The van der Waals surface area contributed by atoms with Crippen LogP contribution in [-0.4, -0.2) is 40.4 Å². The minimum absolute atomic E-state index is 0.0790. The maximum atomic E-state index is 12.4. The van der Waals surface area contributed by atoms with E-state index in [1.165, 1.54) is 0 Å². The summed E-state index contributed by atoms with van der Waals surface area (Å²) >= 11 is 6.10. The van der Waals surface area contributed by atoms with Crippen LogP contribution in [0.2, 0.25) is 5.02 Å². The molecule has 0 radical (unpaired) electrons. The van der Waals surface area contributed by atoms with Crippen molar-refractivity contribution in [1.29, 1.82) is 0 Å². The van der Waals surface area contributed by atoms with Crippen LogP contribution in [0.5, 0.6) is 5.75 Å². The molecule has 2 heterocycles. The quantitative estimate of drug-likeness (QED) is 0.581. The lowest BCUT2D eigenvalue weighted by Gasteiger charge is -2.09. The van der Waals surface area contributed by atoms with Crippen LogP contribution in [0.15, 0.2) is 42.5 Å². The summed E-state index contributed by atoms with van der Waals surface area (Å²) in [4.78, 5) is 28.7. The zero-order valence-electron chi connectivity index (χ0n) is 16.8. The molecule has 0 aliphatic carbocycles. The topological polar surface area (TPSA) is 95.3 Å². The number of halogens is 1. The number of methoxy groups -OCH3 is 1. The molecule has 0 bridgehead atoms. The molecule has 0 aliphatic heterocycles. The molecule has 1 aromatic carbocycles. The summed E-state index contributed by atoms with van der Waals surface area (Å²) in [5.74, 6) is -0.0695. The Morgan fingerprint density at radius 3 is 2.50 bits per heavy atom. The summed E-state index contributed by atoms with van der Waals surface area (Å²) in [5.41, 5.74) is 2.49. The standard InChI is InChI=1S/C21H21ClN4O4/c1-13-10-14(2)26(25-13)18-9-8-17(22)20(24-18)21(28)30-12-19(27)23-11-15-4-6-16(29-3)7-5-15/h4-10H,11-12H2,1-3H3,(H,23,27). The van der Waals surface area contributed by atoms with Gasteiger partial charge in [-0.05, 0) is 49.7 Å². The minimum atomic E-state index is -0.789. The fourth-order valence-corrected chi connectivity index (χ4v) is 2.93. The van der Waals surface area contributed by atoms with Gasteiger partial charge in [-0.2, -0.15) is 5.10 Å². The van der Waals surface area contributed by atoms with E-state index < -0.39 is 18.5 Å². The molecule has 1 N–H and O–H groups in total. The third-order valence-corrected chi connectivity index (χ3v) is 4.54. The van der Waals surface area contributed by atoms with Gasteiger partial charge in [-0.25, -0.2) is 14.5 Å². The number of amides is 1. The molecule has 156 valence electrons. The van der Waals surface area contributed by atoms with Crippen LogP contribution in [0.25, 0.3) is 5.82 Å². The first-order valence-electron chi connectivity index (χ1n) is 9.14. The molecule has 30 heavy (non-hydrogen) atoms. The molecule has 3 rings (SSSR count). The Balaban J connectivity index is 1.59. The van der Waals surface area contributed by atoms with Crippen LogP contribution in [0, 0.1) is 13.8 Å². The molecule has 9 heteroatoms. The second-order valence-corrected chi connectivity index (χ2v) is 6.95. The fourth-order valence-electron chi connectivity index (χ4n) is 2.75. The highest BCUT2D eigenvalue weighted by Gasteiger charge is 2.18. The molecular formula is C21H21ClN4O4. The number of rotatable bonds is 7. The number of ether oxygens (including phenoxy) is 2. The first-order chi connectivity index (χ1) is 14.4. The Morgan fingerprint density at radius 1 is 1.13 bits per heavy atom. The lowest BCUT2D eigenvalue weighted by atomic mass is 10.2. The van der Waals surface area contributed by atoms with E-state index in [2.05, 4.69) is 15.4 Å². The average molecular weight is 429 g/mol. The summed E-state index contributed by atoms with van der Waals surface area (Å²) < 4.78 is 11.8. The van der Waals surface area contributed by atoms with Gasteiger partial charge in [0, 0.05) is 12.2 Å². The van der Waals surface area contributed by atoms with E-state index in [0.29, 0.717) is 12.4 Å². The van der Waals surface area contributed by atoms with Gasteiger partial charge in [0.05, 0.1) is 17.8 Å². The van der Waals surface area contributed by atoms with Crippen LogP contribution < -0.4 is 10.1 Å². The van der Waals surface area contributed by atoms with E-state index in [1.54, 1.807) is 36.1 Å². The molecule has 2 aromatic heterocycles. The van der Waals surface area contributed by atoms with Gasteiger partial charge in [0.1, 0.15) is 5.75 Å². The highest BCUT2D eigenvalue weighted by Crippen LogP contribution is 2.18. The van der Waals surface area contributed by atoms with E-state index in [0.717, 1.165) is 22.7 Å². The number of carbonyl (C=O) groups is 2. The molecule has 8 nitrogen and oxygen atoms in total. The van der Waals surface area contributed by atoms with Crippen molar-refractivity contribution >= 4 is 23.5 Å². The van der Waals surface area contributed by atoms with Crippen molar-refractivity contribution in [3.05, 3.63) is 70.1 Å². The zero-order valence-corrected chi connectivity index (χ0v) is 17.6. The molecule has 0 saturated heterocycles. The van der Waals surface area contributed by atoms with Crippen LogP contribution in [0.3, 0.4) is 0 Å². The van der Waals surface area contributed by atoms with E-state index in [4.69, 9.17) is 21.1 Å². The van der Waals surface area contributed by atoms with Crippen molar-refractivity contribution in [3.8, 4) is 11.6 Å². The molecular weight excluding hydrogens is 408 g/mol. The van der Waals surface area contributed by atoms with Crippen molar-refractivity contribution in [2.75, 3.05) is 13.7 Å². The van der Waals surface area contributed by atoms with Gasteiger partial charge < -0.3 is 14.8 Å². The van der Waals surface area contributed by atoms with Gasteiger partial charge in [-0.1, -0.05) is 23.7 Å². The summed E-state index contributed by atoms with van der Waals surface area (Å²) in [6.45, 7) is 3.59. The fraction of sp³-hybridized carbons (Fsp3) is 0.238. The number of nitrogens with one attached hydrogen (secondary N) is 1. The van der Waals surface area contributed by atoms with Gasteiger partial charge >= 0.3 is 5.97 Å². The van der Waals surface area contributed by atoms with Crippen molar-refractivity contribution in [2.45, 2.75) is 20.4 Å². The summed E-state index contributed by atoms with van der Waals surface area (Å²) in [5, 5.41) is 7.15. The molecule has 0 saturated carbocycles. The van der Waals surface area contributed by atoms with Crippen LogP contribution in [0.4, 0.5) is 0 Å². The highest BCUT2D eigenvalue weighted by atomic mass is 35.5. The van der Waals surface area contributed by atoms with Crippen LogP contribution >= 0.6 is 11.6 Å². The number of benzene rings is 1. The predicted octanol–water partition coefficient (Wildman–Crippen LogP) is 3.02. The van der Waals surface area contributed by atoms with E-state index in [-0.39, 0.29) is 10.7 Å². The summed E-state index contributed by atoms with van der Waals surface area (Å²) in [6, 6.07) is 12.3. The molecule has 0 unspecified atom stereocenters. The first kappa shape index (κ1) is 21.3. The largest absolute Gasteiger partial charge is 0.497 e. The van der Waals surface area contributed by atoms with Crippen LogP contribution in [-0.2, 0) is 16.1 Å². The SMILES string of the molecule is COc1ccc(CNC(=O)COC(=O)c2nc(-n3nc(C)cc3C)ccc2Cl)cc1. The monoisotopic (exact) mass is 428 g/mol. The maximum Gasteiger partial charge on any atom is 0.359 e. The predicted molar refractivity (Wildman–Crippen MR) is 111 cm³/mol. The molecule has 1 amide bonds. The van der Waals surface area contributed by atoms with Gasteiger partial charge in [-0.15, -0.1) is 0 Å². The van der Waals surface area contributed by atoms with E-state index in [1.807, 2.05) is 32.0 Å². The number of esters is 1. The van der Waals surface area contributed by atoms with Crippen molar-refractivity contribution < 1.29 is 19.1 Å². The number of pyridine rings is 1.